The van der Waals surface area contributed by atoms with Crippen molar-refractivity contribution in [1.29, 1.82) is 0 Å². The highest BCUT2D eigenvalue weighted by Crippen LogP contribution is 2.38. The minimum Gasteiger partial charge on any atom is -0.294 e. The van der Waals surface area contributed by atoms with E-state index in [0.717, 1.165) is 40.1 Å². The Hall–Kier alpha value is -2.74. The lowest BCUT2D eigenvalue weighted by Gasteiger charge is -2.30. The zero-order chi connectivity index (χ0) is 17.4. The molecule has 2 nitrogen and oxygen atoms in total. The molecule has 1 heterocycles. The molecule has 1 aromatic heterocycles. The van der Waals surface area contributed by atoms with Gasteiger partial charge in [-0.1, -0.05) is 68.4 Å². The summed E-state index contributed by atoms with van der Waals surface area (Å²) in [5.41, 5.74) is 5.75. The van der Waals surface area contributed by atoms with E-state index in [1.807, 2.05) is 48.5 Å². The van der Waals surface area contributed by atoms with Gasteiger partial charge in [-0.3, -0.25) is 9.78 Å². The number of carbonyl (C=O) groups is 1. The van der Waals surface area contributed by atoms with Crippen LogP contribution in [0, 0.1) is 11.5 Å². The van der Waals surface area contributed by atoms with Crippen LogP contribution in [0.4, 0.5) is 0 Å². The first-order valence-corrected chi connectivity index (χ1v) is 8.62. The van der Waals surface area contributed by atoms with E-state index in [0.29, 0.717) is 6.42 Å². The third-order valence-corrected chi connectivity index (χ3v) is 4.76. The summed E-state index contributed by atoms with van der Waals surface area (Å²) in [6, 6.07) is 23.1. The van der Waals surface area contributed by atoms with Crippen LogP contribution in [0.3, 0.4) is 0 Å². The van der Waals surface area contributed by atoms with Crippen molar-refractivity contribution in [2.24, 2.45) is 5.41 Å². The molecule has 2 heteroatoms. The molecule has 0 saturated heterocycles. The van der Waals surface area contributed by atoms with Crippen molar-refractivity contribution in [2.75, 3.05) is 0 Å². The number of carbonyl (C=O) groups excluding carboxylic acids is 1. The Balaban J connectivity index is 1.97. The average molecular weight is 326 g/mol. The number of fused-ring (bicyclic) bond motifs is 1. The number of nitrogens with zero attached hydrogens (tertiary/aromatic N) is 1. The summed E-state index contributed by atoms with van der Waals surface area (Å²) in [5, 5.41) is 0. The quantitative estimate of drug-likeness (QED) is 0.633. The normalized spacial score (nSPS) is 15.7. The van der Waals surface area contributed by atoms with Crippen LogP contribution in [-0.4, -0.2) is 10.8 Å². The molecule has 0 N–H and O–H groups in total. The van der Waals surface area contributed by atoms with Crippen molar-refractivity contribution < 1.29 is 4.79 Å². The molecule has 0 unspecified atom stereocenters. The average Bonchev–Trinajstić information content (AvgIpc) is 2.61. The summed E-state index contributed by atoms with van der Waals surface area (Å²) in [7, 11) is 0. The molecule has 0 fully saturated rings. The molecule has 25 heavy (non-hydrogen) atoms. The third kappa shape index (κ3) is 3.00. The van der Waals surface area contributed by atoms with Gasteiger partial charge >= 0.3 is 0 Å². The van der Waals surface area contributed by atoms with Crippen LogP contribution >= 0.6 is 0 Å². The Labute approximate surface area is 148 Å². The predicted molar refractivity (Wildman–Crippen MR) is 100 cm³/mol. The van der Waals surface area contributed by atoms with E-state index in [-0.39, 0.29) is 11.2 Å². The molecule has 0 bridgehead atoms. The van der Waals surface area contributed by atoms with Crippen molar-refractivity contribution >= 4 is 5.78 Å². The Morgan fingerprint density at radius 1 is 0.920 bits per heavy atom. The fraction of sp³-hybridized carbons (Fsp3) is 0.217. The first-order chi connectivity index (χ1) is 12.0. The van der Waals surface area contributed by atoms with Crippen molar-refractivity contribution in [3.05, 3.63) is 78.0 Å². The Kier molecular flexibility index (Phi) is 3.76. The molecule has 0 saturated carbocycles. The van der Waals surface area contributed by atoms with Gasteiger partial charge in [0.2, 0.25) is 0 Å². The largest absolute Gasteiger partial charge is 0.294 e. The summed E-state index contributed by atoms with van der Waals surface area (Å²) >= 11 is 0. The molecule has 0 amide bonds. The zero-order valence-electron chi connectivity index (χ0n) is 14.5. The lowest BCUT2D eigenvalue weighted by molar-refractivity contribution is 0.0910. The van der Waals surface area contributed by atoms with E-state index >= 15 is 0 Å². The number of benzene rings is 2. The molecule has 0 atom stereocenters. The molecule has 0 aliphatic heterocycles. The predicted octanol–water partition coefficient (Wildman–Crippen LogP) is 5.37. The number of rotatable bonds is 2. The lowest BCUT2D eigenvalue weighted by atomic mass is 9.75. The molecular weight excluding hydrogens is 306 g/mol. The number of hydrogen-bond acceptors (Lipinski definition) is 2. The van der Waals surface area contributed by atoms with Gasteiger partial charge in [-0.2, -0.15) is 0 Å². The standard InChI is InChI=1S/C23H20NO/c1-23(2)14-20-19(21(25)15-23)13-18(16-9-5-3-6-10-16)22(24-20)17-11-7-4-8-12-17/h3,5-13H,14-15H2,1-2H3. The van der Waals surface area contributed by atoms with Gasteiger partial charge in [-0.25, -0.2) is 0 Å². The van der Waals surface area contributed by atoms with E-state index in [9.17, 15) is 4.79 Å². The highest BCUT2D eigenvalue weighted by Gasteiger charge is 2.33. The van der Waals surface area contributed by atoms with Crippen LogP contribution in [0.5, 0.6) is 0 Å². The minimum absolute atomic E-state index is 0.0346. The summed E-state index contributed by atoms with van der Waals surface area (Å²) in [6.45, 7) is 4.27. The van der Waals surface area contributed by atoms with Crippen LogP contribution in [0.2, 0.25) is 0 Å². The zero-order valence-corrected chi connectivity index (χ0v) is 14.5. The summed E-state index contributed by atoms with van der Waals surface area (Å²) < 4.78 is 0. The Morgan fingerprint density at radius 2 is 1.64 bits per heavy atom. The first-order valence-electron chi connectivity index (χ1n) is 8.62. The maximum Gasteiger partial charge on any atom is 0.165 e. The maximum absolute atomic E-state index is 12.7. The van der Waals surface area contributed by atoms with Gasteiger partial charge < -0.3 is 0 Å². The number of ketones is 1. The van der Waals surface area contributed by atoms with Gasteiger partial charge in [0.1, 0.15) is 0 Å². The second-order valence-electron chi connectivity index (χ2n) is 7.47. The molecule has 2 aromatic carbocycles. The van der Waals surface area contributed by atoms with Crippen LogP contribution in [0.25, 0.3) is 22.4 Å². The topological polar surface area (TPSA) is 30.0 Å². The van der Waals surface area contributed by atoms with Gasteiger partial charge in [0, 0.05) is 23.1 Å². The number of aromatic nitrogens is 1. The second-order valence-corrected chi connectivity index (χ2v) is 7.47. The summed E-state index contributed by atoms with van der Waals surface area (Å²) in [4.78, 5) is 17.7. The van der Waals surface area contributed by atoms with Crippen molar-refractivity contribution in [1.82, 2.24) is 4.98 Å². The number of hydrogen-bond donors (Lipinski definition) is 0. The van der Waals surface area contributed by atoms with Gasteiger partial charge in [0.25, 0.3) is 0 Å². The van der Waals surface area contributed by atoms with Crippen LogP contribution < -0.4 is 0 Å². The molecular formula is C23H20NO. The highest BCUT2D eigenvalue weighted by atomic mass is 16.1. The van der Waals surface area contributed by atoms with Crippen LogP contribution in [-0.2, 0) is 6.42 Å². The minimum atomic E-state index is -0.0346. The van der Waals surface area contributed by atoms with Crippen LogP contribution in [0.15, 0.2) is 60.7 Å². The monoisotopic (exact) mass is 326 g/mol. The first kappa shape index (κ1) is 15.8. The highest BCUT2D eigenvalue weighted by molar-refractivity contribution is 6.01. The van der Waals surface area contributed by atoms with Gasteiger partial charge in [0.15, 0.2) is 5.78 Å². The molecule has 4 rings (SSSR count). The van der Waals surface area contributed by atoms with Crippen molar-refractivity contribution in [3.8, 4) is 22.4 Å². The number of pyridine rings is 1. The summed E-state index contributed by atoms with van der Waals surface area (Å²) in [5.74, 6) is 0.198. The van der Waals surface area contributed by atoms with Gasteiger partial charge in [-0.15, -0.1) is 0 Å². The molecule has 1 aliphatic rings. The fourth-order valence-electron chi connectivity index (χ4n) is 3.58. The van der Waals surface area contributed by atoms with E-state index in [4.69, 9.17) is 4.98 Å². The smallest absolute Gasteiger partial charge is 0.165 e. The van der Waals surface area contributed by atoms with Gasteiger partial charge in [0.05, 0.1) is 11.4 Å². The van der Waals surface area contributed by atoms with Gasteiger partial charge in [-0.05, 0) is 29.5 Å². The molecule has 123 valence electrons. The van der Waals surface area contributed by atoms with Crippen molar-refractivity contribution in [2.45, 2.75) is 26.7 Å². The number of Topliss-reactive ketones (excluding diaryl/α,β-unsaturated/α-hetero) is 1. The summed E-state index contributed by atoms with van der Waals surface area (Å²) in [6.07, 6.45) is 1.41. The van der Waals surface area contributed by atoms with E-state index in [1.54, 1.807) is 0 Å². The Bertz CT molecular complexity index is 927. The lowest BCUT2D eigenvalue weighted by Crippen LogP contribution is -2.28. The molecule has 1 aliphatic carbocycles. The van der Waals surface area contributed by atoms with E-state index < -0.39 is 0 Å². The van der Waals surface area contributed by atoms with Crippen molar-refractivity contribution in [3.63, 3.8) is 0 Å². The SMILES string of the molecule is CC1(C)CC(=O)c2cc(-c3ccccc3)c(-c3cc[c]cc3)nc2C1. The molecule has 0 spiro atoms. The van der Waals surface area contributed by atoms with E-state index in [2.05, 4.69) is 32.0 Å². The second kappa shape index (κ2) is 5.96. The molecule has 1 radical (unpaired) electrons. The third-order valence-electron chi connectivity index (χ3n) is 4.76. The van der Waals surface area contributed by atoms with Crippen LogP contribution in [0.1, 0.15) is 36.3 Å². The Morgan fingerprint density at radius 3 is 2.36 bits per heavy atom. The van der Waals surface area contributed by atoms with E-state index in [1.165, 1.54) is 0 Å². The molecule has 3 aromatic rings. The maximum atomic E-state index is 12.7. The fourth-order valence-corrected chi connectivity index (χ4v) is 3.58.